The Kier molecular flexibility index (Phi) is 7.46. The molecule has 0 unspecified atom stereocenters. The van der Waals surface area contributed by atoms with Crippen molar-refractivity contribution < 1.29 is 19.1 Å². The van der Waals surface area contributed by atoms with Crippen LogP contribution in [0.2, 0.25) is 5.02 Å². The lowest BCUT2D eigenvalue weighted by molar-refractivity contribution is -0.142. The van der Waals surface area contributed by atoms with Gasteiger partial charge >= 0.3 is 5.97 Å². The third-order valence-corrected chi connectivity index (χ3v) is 5.70. The van der Waals surface area contributed by atoms with Crippen molar-refractivity contribution in [1.29, 1.82) is 0 Å². The topological polar surface area (TPSA) is 139 Å². The molecule has 2 heterocycles. The summed E-state index contributed by atoms with van der Waals surface area (Å²) in [6.45, 7) is 0.0975. The number of aliphatic carboxylic acids is 1. The Labute approximate surface area is 204 Å². The number of rotatable bonds is 10. The van der Waals surface area contributed by atoms with Crippen LogP contribution in [0.3, 0.4) is 0 Å². The first-order chi connectivity index (χ1) is 16.9. The number of hydrogen-bond donors (Lipinski definition) is 3. The van der Waals surface area contributed by atoms with Gasteiger partial charge in [-0.05, 0) is 42.2 Å². The largest absolute Gasteiger partial charge is 0.481 e. The molecule has 10 nitrogen and oxygen atoms in total. The summed E-state index contributed by atoms with van der Waals surface area (Å²) in [6.07, 6.45) is 4.80. The van der Waals surface area contributed by atoms with E-state index in [0.29, 0.717) is 22.6 Å². The Morgan fingerprint density at radius 3 is 2.63 bits per heavy atom. The number of hydrogen-bond acceptors (Lipinski definition) is 6. The molecule has 2 atom stereocenters. The van der Waals surface area contributed by atoms with E-state index < -0.39 is 29.7 Å². The number of carboxylic acid groups (broad SMARTS) is 1. The van der Waals surface area contributed by atoms with E-state index in [1.54, 1.807) is 36.5 Å². The molecular weight excluding hydrogens is 477 g/mol. The number of H-pyrrole nitrogens is 1. The molecule has 0 aliphatic carbocycles. The number of aromatic amines is 1. The van der Waals surface area contributed by atoms with Gasteiger partial charge in [-0.1, -0.05) is 46.3 Å². The van der Waals surface area contributed by atoms with Crippen LogP contribution in [0.4, 0.5) is 4.39 Å². The van der Waals surface area contributed by atoms with Gasteiger partial charge in [0.1, 0.15) is 11.5 Å². The zero-order chi connectivity index (χ0) is 24.8. The van der Waals surface area contributed by atoms with Crippen molar-refractivity contribution in [1.82, 2.24) is 35.7 Å². The Bertz CT molecular complexity index is 1280. The Hall–Kier alpha value is -4.12. The van der Waals surface area contributed by atoms with Gasteiger partial charge in [0, 0.05) is 22.8 Å². The second-order valence-corrected chi connectivity index (χ2v) is 8.40. The number of amides is 1. The van der Waals surface area contributed by atoms with Crippen molar-refractivity contribution in [2.75, 3.05) is 0 Å². The van der Waals surface area contributed by atoms with Crippen LogP contribution in [0.1, 0.15) is 22.5 Å². The second-order valence-electron chi connectivity index (χ2n) is 7.96. The predicted octanol–water partition coefficient (Wildman–Crippen LogP) is 2.99. The number of carbonyl (C=O) groups excluding carboxylic acids is 1. The molecule has 1 amide bonds. The molecule has 180 valence electrons. The van der Waals surface area contributed by atoms with Crippen molar-refractivity contribution in [3.8, 4) is 11.1 Å². The van der Waals surface area contributed by atoms with Crippen LogP contribution >= 0.6 is 11.6 Å². The van der Waals surface area contributed by atoms with Crippen LogP contribution in [-0.4, -0.2) is 53.4 Å². The summed E-state index contributed by atoms with van der Waals surface area (Å²) in [6, 6.07) is 10.9. The summed E-state index contributed by atoms with van der Waals surface area (Å²) in [5.41, 5.74) is 2.01. The first-order valence-corrected chi connectivity index (χ1v) is 11.0. The van der Waals surface area contributed by atoms with Gasteiger partial charge in [0.15, 0.2) is 0 Å². The van der Waals surface area contributed by atoms with E-state index >= 15 is 0 Å². The molecule has 0 aliphatic rings. The number of nitrogens with zero attached hydrogens (tertiary/aromatic N) is 5. The summed E-state index contributed by atoms with van der Waals surface area (Å²) in [5, 5.41) is 30.2. The number of benzene rings is 2. The molecule has 0 bridgehead atoms. The number of nitrogens with one attached hydrogen (secondary N) is 2. The van der Waals surface area contributed by atoms with E-state index in [0.717, 1.165) is 5.56 Å². The van der Waals surface area contributed by atoms with Gasteiger partial charge in [-0.3, -0.25) is 19.4 Å². The number of carbonyl (C=O) groups is 2. The van der Waals surface area contributed by atoms with Crippen molar-refractivity contribution in [3.05, 3.63) is 83.2 Å². The Morgan fingerprint density at radius 1 is 1.17 bits per heavy atom. The number of carboxylic acids is 1. The molecule has 0 radical (unpaired) electrons. The lowest BCUT2D eigenvalue weighted by atomic mass is 9.93. The Morgan fingerprint density at radius 2 is 1.97 bits per heavy atom. The minimum Gasteiger partial charge on any atom is -0.481 e. The van der Waals surface area contributed by atoms with E-state index in [4.69, 9.17) is 11.6 Å². The maximum Gasteiger partial charge on any atom is 0.308 e. The first kappa shape index (κ1) is 24.0. The molecule has 35 heavy (non-hydrogen) atoms. The van der Waals surface area contributed by atoms with Crippen LogP contribution in [-0.2, 0) is 17.8 Å². The highest BCUT2D eigenvalue weighted by molar-refractivity contribution is 6.30. The van der Waals surface area contributed by atoms with Crippen molar-refractivity contribution in [2.45, 2.75) is 25.4 Å². The average molecular weight is 498 g/mol. The molecule has 3 N–H and O–H groups in total. The molecule has 0 aliphatic heterocycles. The van der Waals surface area contributed by atoms with Crippen LogP contribution in [0.25, 0.3) is 11.1 Å². The van der Waals surface area contributed by atoms with E-state index in [1.807, 2.05) is 0 Å². The second kappa shape index (κ2) is 10.9. The summed E-state index contributed by atoms with van der Waals surface area (Å²) in [5.74, 6) is -2.70. The predicted molar refractivity (Wildman–Crippen MR) is 124 cm³/mol. The Balaban J connectivity index is 1.53. The van der Waals surface area contributed by atoms with Crippen molar-refractivity contribution in [2.24, 2.45) is 5.92 Å². The normalized spacial score (nSPS) is 12.7. The van der Waals surface area contributed by atoms with Crippen LogP contribution < -0.4 is 5.32 Å². The zero-order valence-electron chi connectivity index (χ0n) is 18.3. The van der Waals surface area contributed by atoms with E-state index in [1.165, 1.54) is 29.2 Å². The summed E-state index contributed by atoms with van der Waals surface area (Å²) in [4.78, 5) is 24.6. The van der Waals surface area contributed by atoms with E-state index in [9.17, 15) is 19.1 Å². The molecule has 12 heteroatoms. The fourth-order valence-electron chi connectivity index (χ4n) is 3.74. The fourth-order valence-corrected chi connectivity index (χ4v) is 3.91. The fraction of sp³-hybridized carbons (Fsp3) is 0.217. The lowest BCUT2D eigenvalue weighted by Gasteiger charge is -2.22. The zero-order valence-corrected chi connectivity index (χ0v) is 19.1. The molecule has 0 saturated heterocycles. The molecular formula is C23H21ClFN7O3. The van der Waals surface area contributed by atoms with Crippen LogP contribution in [0.5, 0.6) is 0 Å². The quantitative estimate of drug-likeness (QED) is 0.306. The van der Waals surface area contributed by atoms with Crippen LogP contribution in [0, 0.1) is 11.7 Å². The summed E-state index contributed by atoms with van der Waals surface area (Å²) in [7, 11) is 0. The van der Waals surface area contributed by atoms with Gasteiger partial charge in [0.05, 0.1) is 24.9 Å². The molecule has 2 aromatic heterocycles. The SMILES string of the molecule is O=C(N[C@H](Cc1ccc(-c2cc(Cl)ccc2F)cc1)C[C@@H](Cn1ccnn1)C(=O)O)c1cnn[nH]1. The third kappa shape index (κ3) is 6.27. The standard InChI is InChI=1S/C23H21ClFN7O3/c24-17-5-6-20(25)19(11-17)15-3-1-14(2-4-15)9-18(28-22(33)21-12-27-30-29-21)10-16(23(34)35)13-32-8-7-26-31-32/h1-8,11-12,16,18H,9-10,13H2,(H,28,33)(H,34,35)(H,27,29,30)/t16-,18+/m0/s1. The highest BCUT2D eigenvalue weighted by atomic mass is 35.5. The molecule has 4 aromatic rings. The van der Waals surface area contributed by atoms with E-state index in [-0.39, 0.29) is 18.7 Å². The monoisotopic (exact) mass is 497 g/mol. The molecule has 0 spiro atoms. The average Bonchev–Trinajstić information content (AvgIpc) is 3.55. The van der Waals surface area contributed by atoms with Gasteiger partial charge in [-0.2, -0.15) is 0 Å². The minimum atomic E-state index is -1.02. The maximum atomic E-state index is 14.2. The van der Waals surface area contributed by atoms with Gasteiger partial charge in [-0.15, -0.1) is 10.2 Å². The molecule has 0 saturated carbocycles. The lowest BCUT2D eigenvalue weighted by Crippen LogP contribution is -2.40. The van der Waals surface area contributed by atoms with Gasteiger partial charge in [-0.25, -0.2) is 4.39 Å². The maximum absolute atomic E-state index is 14.2. The number of halogens is 2. The summed E-state index contributed by atoms with van der Waals surface area (Å²) >= 11 is 6.01. The number of aromatic nitrogens is 6. The third-order valence-electron chi connectivity index (χ3n) is 5.47. The molecule has 2 aromatic carbocycles. The highest BCUT2D eigenvalue weighted by Crippen LogP contribution is 2.27. The van der Waals surface area contributed by atoms with Gasteiger partial charge < -0.3 is 10.4 Å². The van der Waals surface area contributed by atoms with Crippen molar-refractivity contribution >= 4 is 23.5 Å². The van der Waals surface area contributed by atoms with E-state index in [2.05, 4.69) is 31.0 Å². The van der Waals surface area contributed by atoms with Crippen LogP contribution in [0.15, 0.2) is 61.1 Å². The smallest absolute Gasteiger partial charge is 0.308 e. The summed E-state index contributed by atoms with van der Waals surface area (Å²) < 4.78 is 15.7. The van der Waals surface area contributed by atoms with Gasteiger partial charge in [0.2, 0.25) is 0 Å². The first-order valence-electron chi connectivity index (χ1n) is 10.7. The molecule has 4 rings (SSSR count). The van der Waals surface area contributed by atoms with Crippen molar-refractivity contribution in [3.63, 3.8) is 0 Å². The van der Waals surface area contributed by atoms with Gasteiger partial charge in [0.25, 0.3) is 5.91 Å². The minimum absolute atomic E-state index is 0.0975. The highest BCUT2D eigenvalue weighted by Gasteiger charge is 2.26. The molecule has 0 fully saturated rings.